The minimum Gasteiger partial charge on any atom is -0.383 e. The summed E-state index contributed by atoms with van der Waals surface area (Å²) in [7, 11) is 0. The molecule has 0 unspecified atom stereocenters. The Morgan fingerprint density at radius 3 is 3.00 bits per heavy atom. The smallest absolute Gasteiger partial charge is 0.283 e. The number of hydrogen-bond donors (Lipinski definition) is 1. The van der Waals surface area contributed by atoms with Crippen LogP contribution in [0.25, 0.3) is 0 Å². The molecule has 0 aliphatic heterocycles. The predicted octanol–water partition coefficient (Wildman–Crippen LogP) is 2.79. The highest BCUT2D eigenvalue weighted by Gasteiger charge is 2.16. The van der Waals surface area contributed by atoms with Gasteiger partial charge >= 0.3 is 0 Å². The lowest BCUT2D eigenvalue weighted by molar-refractivity contribution is 0.303. The van der Waals surface area contributed by atoms with Crippen molar-refractivity contribution in [1.29, 1.82) is 0 Å². The van der Waals surface area contributed by atoms with Gasteiger partial charge in [0.1, 0.15) is 4.47 Å². The fourth-order valence-corrected chi connectivity index (χ4v) is 2.48. The molecule has 1 saturated carbocycles. The summed E-state index contributed by atoms with van der Waals surface area (Å²) in [5.74, 6) is 0.866. The van der Waals surface area contributed by atoms with E-state index in [0.29, 0.717) is 11.0 Å². The molecule has 18 heavy (non-hydrogen) atoms. The van der Waals surface area contributed by atoms with Gasteiger partial charge < -0.3 is 5.32 Å². The normalized spacial score (nSPS) is 15.2. The highest BCUT2D eigenvalue weighted by atomic mass is 79.9. The molecule has 1 aliphatic carbocycles. The average Bonchev–Trinajstić information content (AvgIpc) is 2.31. The quantitative estimate of drug-likeness (QED) is 0.822. The first kappa shape index (κ1) is 13.3. The SMILES string of the molecule is C=CCn1ncc(NCCC2CCC2)c(Br)c1=O. The Hall–Kier alpha value is -1.10. The van der Waals surface area contributed by atoms with Crippen LogP contribution in [0.15, 0.2) is 28.1 Å². The molecule has 0 aromatic carbocycles. The molecule has 0 saturated heterocycles. The van der Waals surface area contributed by atoms with Crippen molar-refractivity contribution >= 4 is 21.6 Å². The lowest BCUT2D eigenvalue weighted by Crippen LogP contribution is -2.24. The molecular formula is C13H18BrN3O. The van der Waals surface area contributed by atoms with Crippen LogP contribution in [0.5, 0.6) is 0 Å². The minimum atomic E-state index is -0.122. The van der Waals surface area contributed by atoms with Gasteiger partial charge in [0.15, 0.2) is 0 Å². The molecule has 0 amide bonds. The van der Waals surface area contributed by atoms with Crippen molar-refractivity contribution in [2.45, 2.75) is 32.2 Å². The number of nitrogens with zero attached hydrogens (tertiary/aromatic N) is 2. The zero-order chi connectivity index (χ0) is 13.0. The molecule has 4 nitrogen and oxygen atoms in total. The van der Waals surface area contributed by atoms with E-state index < -0.39 is 0 Å². The summed E-state index contributed by atoms with van der Waals surface area (Å²) >= 11 is 3.33. The molecule has 2 rings (SSSR count). The van der Waals surface area contributed by atoms with E-state index in [1.165, 1.54) is 30.4 Å². The van der Waals surface area contributed by atoms with E-state index in [1.54, 1.807) is 12.3 Å². The number of anilines is 1. The van der Waals surface area contributed by atoms with Crippen LogP contribution in [0.3, 0.4) is 0 Å². The fourth-order valence-electron chi connectivity index (χ4n) is 2.03. The van der Waals surface area contributed by atoms with E-state index in [1.807, 2.05) is 0 Å². The van der Waals surface area contributed by atoms with Gasteiger partial charge in [-0.25, -0.2) is 4.68 Å². The van der Waals surface area contributed by atoms with E-state index >= 15 is 0 Å². The van der Waals surface area contributed by atoms with Gasteiger partial charge in [-0.2, -0.15) is 5.10 Å². The van der Waals surface area contributed by atoms with Gasteiger partial charge in [-0.15, -0.1) is 6.58 Å². The number of aromatic nitrogens is 2. The van der Waals surface area contributed by atoms with E-state index in [4.69, 9.17) is 0 Å². The van der Waals surface area contributed by atoms with Gasteiger partial charge in [0.2, 0.25) is 0 Å². The molecule has 1 aliphatic rings. The van der Waals surface area contributed by atoms with Crippen LogP contribution in [0, 0.1) is 5.92 Å². The number of allylic oxidation sites excluding steroid dienone is 1. The largest absolute Gasteiger partial charge is 0.383 e. The first-order chi connectivity index (χ1) is 8.72. The third-order valence-electron chi connectivity index (χ3n) is 3.38. The maximum absolute atomic E-state index is 11.9. The molecule has 1 aromatic rings. The maximum atomic E-state index is 11.9. The van der Waals surface area contributed by atoms with Crippen LogP contribution in [0.1, 0.15) is 25.7 Å². The van der Waals surface area contributed by atoms with E-state index in [2.05, 4.69) is 32.9 Å². The average molecular weight is 312 g/mol. The van der Waals surface area contributed by atoms with Crippen molar-refractivity contribution in [3.63, 3.8) is 0 Å². The second kappa shape index (κ2) is 6.18. The van der Waals surface area contributed by atoms with Crippen LogP contribution >= 0.6 is 15.9 Å². The second-order valence-corrected chi connectivity index (χ2v) is 5.45. The molecule has 1 aromatic heterocycles. The van der Waals surface area contributed by atoms with Gasteiger partial charge in [0.25, 0.3) is 5.56 Å². The number of halogens is 1. The van der Waals surface area contributed by atoms with E-state index in [0.717, 1.165) is 18.2 Å². The van der Waals surface area contributed by atoms with Gasteiger partial charge in [0.05, 0.1) is 18.4 Å². The minimum absolute atomic E-state index is 0.122. The molecular weight excluding hydrogens is 294 g/mol. The van der Waals surface area contributed by atoms with E-state index in [-0.39, 0.29) is 5.56 Å². The van der Waals surface area contributed by atoms with Crippen molar-refractivity contribution in [3.8, 4) is 0 Å². The maximum Gasteiger partial charge on any atom is 0.283 e. The third kappa shape index (κ3) is 3.02. The van der Waals surface area contributed by atoms with Crippen molar-refractivity contribution in [2.24, 2.45) is 5.92 Å². The molecule has 0 atom stereocenters. The number of rotatable bonds is 6. The monoisotopic (exact) mass is 311 g/mol. The standard InChI is InChI=1S/C13H18BrN3O/c1-2-8-17-13(18)12(14)11(9-16-17)15-7-6-10-4-3-5-10/h2,9-10,15H,1,3-8H2. The summed E-state index contributed by atoms with van der Waals surface area (Å²) in [6.07, 6.45) is 8.58. The Labute approximate surface area is 115 Å². The molecule has 0 bridgehead atoms. The molecule has 98 valence electrons. The van der Waals surface area contributed by atoms with Gasteiger partial charge in [-0.05, 0) is 28.3 Å². The summed E-state index contributed by atoms with van der Waals surface area (Å²) in [5.41, 5.74) is 0.656. The highest BCUT2D eigenvalue weighted by molar-refractivity contribution is 9.10. The molecule has 1 fully saturated rings. The Kier molecular flexibility index (Phi) is 4.58. The first-order valence-corrected chi connectivity index (χ1v) is 7.12. The summed E-state index contributed by atoms with van der Waals surface area (Å²) in [6.45, 7) is 4.93. The fraction of sp³-hybridized carbons (Fsp3) is 0.538. The summed E-state index contributed by atoms with van der Waals surface area (Å²) in [4.78, 5) is 11.9. The number of nitrogens with one attached hydrogen (secondary N) is 1. The Morgan fingerprint density at radius 2 is 2.39 bits per heavy atom. The van der Waals surface area contributed by atoms with Crippen LogP contribution in [-0.4, -0.2) is 16.3 Å². The van der Waals surface area contributed by atoms with Crippen molar-refractivity contribution in [2.75, 3.05) is 11.9 Å². The van der Waals surface area contributed by atoms with E-state index in [9.17, 15) is 4.79 Å². The zero-order valence-corrected chi connectivity index (χ0v) is 11.9. The summed E-state index contributed by atoms with van der Waals surface area (Å²) in [6, 6.07) is 0. The highest BCUT2D eigenvalue weighted by Crippen LogP contribution is 2.29. The Bertz CT molecular complexity index is 480. The predicted molar refractivity (Wildman–Crippen MR) is 76.8 cm³/mol. The van der Waals surface area contributed by atoms with Crippen molar-refractivity contribution < 1.29 is 0 Å². The van der Waals surface area contributed by atoms with Crippen LogP contribution in [0.4, 0.5) is 5.69 Å². The molecule has 1 heterocycles. The van der Waals surface area contributed by atoms with Gasteiger partial charge in [0, 0.05) is 6.54 Å². The zero-order valence-electron chi connectivity index (χ0n) is 10.4. The second-order valence-electron chi connectivity index (χ2n) is 4.66. The Balaban J connectivity index is 1.97. The topological polar surface area (TPSA) is 46.9 Å². The summed E-state index contributed by atoms with van der Waals surface area (Å²) in [5, 5.41) is 7.37. The molecule has 0 spiro atoms. The lowest BCUT2D eigenvalue weighted by Gasteiger charge is -2.25. The van der Waals surface area contributed by atoms with Crippen LogP contribution in [-0.2, 0) is 6.54 Å². The van der Waals surface area contributed by atoms with Crippen LogP contribution < -0.4 is 10.9 Å². The van der Waals surface area contributed by atoms with Crippen molar-refractivity contribution in [3.05, 3.63) is 33.7 Å². The molecule has 1 N–H and O–H groups in total. The third-order valence-corrected chi connectivity index (χ3v) is 4.15. The lowest BCUT2D eigenvalue weighted by atomic mass is 9.83. The van der Waals surface area contributed by atoms with Crippen molar-refractivity contribution in [1.82, 2.24) is 9.78 Å². The number of hydrogen-bond acceptors (Lipinski definition) is 3. The Morgan fingerprint density at radius 1 is 1.61 bits per heavy atom. The molecule has 5 heteroatoms. The molecule has 0 radical (unpaired) electrons. The first-order valence-electron chi connectivity index (χ1n) is 6.32. The van der Waals surface area contributed by atoms with Crippen LogP contribution in [0.2, 0.25) is 0 Å². The summed E-state index contributed by atoms with van der Waals surface area (Å²) < 4.78 is 1.93. The van der Waals surface area contributed by atoms with Gasteiger partial charge in [-0.1, -0.05) is 25.3 Å². The van der Waals surface area contributed by atoms with Gasteiger partial charge in [-0.3, -0.25) is 4.79 Å².